The van der Waals surface area contributed by atoms with Crippen molar-refractivity contribution in [2.45, 2.75) is 20.8 Å². The van der Waals surface area contributed by atoms with E-state index in [4.69, 9.17) is 12.0 Å². The number of rotatable bonds is 0. The Morgan fingerprint density at radius 3 is 1.85 bits per heavy atom. The molecule has 0 amide bonds. The van der Waals surface area contributed by atoms with E-state index in [-0.39, 0.29) is 0 Å². The van der Waals surface area contributed by atoms with Crippen LogP contribution in [0.25, 0.3) is 4.85 Å². The summed E-state index contributed by atoms with van der Waals surface area (Å²) in [5, 5.41) is 6.08. The Kier molecular flexibility index (Phi) is 13.9. The molecule has 0 radical (unpaired) electrons. The van der Waals surface area contributed by atoms with E-state index in [1.54, 1.807) is 19.1 Å². The van der Waals surface area contributed by atoms with E-state index in [1.165, 1.54) is 6.21 Å². The van der Waals surface area contributed by atoms with Gasteiger partial charge in [0.2, 0.25) is 0 Å². The van der Waals surface area contributed by atoms with Crippen molar-refractivity contribution in [1.29, 1.82) is 5.41 Å². The summed E-state index contributed by atoms with van der Waals surface area (Å²) in [6.45, 7) is 12.2. The standard InChI is InChI=1S/C7H5N.C2H5N.C2H6/c1-8-7-5-3-2-4-6-7;1-2-3;1-2/h2-6H;2-3H,1H3;1-2H3. The number of benzene rings is 1. The number of hydrogen-bond acceptors (Lipinski definition) is 1. The van der Waals surface area contributed by atoms with E-state index in [0.717, 1.165) is 0 Å². The lowest BCUT2D eigenvalue weighted by molar-refractivity contribution is 1.50. The first kappa shape index (κ1) is 13.9. The maximum atomic E-state index is 6.57. The van der Waals surface area contributed by atoms with E-state index in [0.29, 0.717) is 5.69 Å². The van der Waals surface area contributed by atoms with E-state index in [1.807, 2.05) is 32.0 Å². The normalized spacial score (nSPS) is 6.31. The van der Waals surface area contributed by atoms with Gasteiger partial charge in [0.15, 0.2) is 5.69 Å². The van der Waals surface area contributed by atoms with Crippen LogP contribution in [0.1, 0.15) is 20.8 Å². The summed E-state index contributed by atoms with van der Waals surface area (Å²) in [5.74, 6) is 0. The molecular weight excluding hydrogens is 160 g/mol. The molecule has 0 bridgehead atoms. The molecule has 2 heteroatoms. The highest BCUT2D eigenvalue weighted by Crippen LogP contribution is 2.07. The van der Waals surface area contributed by atoms with Crippen LogP contribution >= 0.6 is 0 Å². The summed E-state index contributed by atoms with van der Waals surface area (Å²) >= 11 is 0. The van der Waals surface area contributed by atoms with Gasteiger partial charge in [0, 0.05) is 0 Å². The lowest BCUT2D eigenvalue weighted by Crippen LogP contribution is -1.54. The molecule has 0 heterocycles. The van der Waals surface area contributed by atoms with Crippen LogP contribution in [-0.4, -0.2) is 6.21 Å². The van der Waals surface area contributed by atoms with Crippen molar-refractivity contribution in [3.8, 4) is 0 Å². The third-order valence-electron chi connectivity index (χ3n) is 0.885. The number of nitrogens with zero attached hydrogens (tertiary/aromatic N) is 1. The van der Waals surface area contributed by atoms with E-state index in [2.05, 4.69) is 4.85 Å². The highest BCUT2D eigenvalue weighted by Gasteiger charge is 1.79. The fourth-order valence-corrected chi connectivity index (χ4v) is 0.503. The molecule has 1 rings (SSSR count). The second-order valence-corrected chi connectivity index (χ2v) is 1.74. The number of nitrogens with one attached hydrogen (secondary N) is 1. The third kappa shape index (κ3) is 10.4. The van der Waals surface area contributed by atoms with Crippen LogP contribution in [0.2, 0.25) is 0 Å². The maximum absolute atomic E-state index is 6.57. The minimum Gasteiger partial charge on any atom is -0.313 e. The largest absolute Gasteiger partial charge is 0.313 e. The van der Waals surface area contributed by atoms with E-state index >= 15 is 0 Å². The summed E-state index contributed by atoms with van der Waals surface area (Å²) in [6.07, 6.45) is 1.25. The topological polar surface area (TPSA) is 28.2 Å². The molecule has 0 spiro atoms. The molecular formula is C11H16N2. The molecule has 1 aromatic rings. The predicted molar refractivity (Wildman–Crippen MR) is 58.5 cm³/mol. The molecule has 0 aliphatic heterocycles. The summed E-state index contributed by atoms with van der Waals surface area (Å²) in [6, 6.07) is 9.18. The van der Waals surface area contributed by atoms with E-state index in [9.17, 15) is 0 Å². The van der Waals surface area contributed by atoms with Crippen LogP contribution in [0.4, 0.5) is 5.69 Å². The summed E-state index contributed by atoms with van der Waals surface area (Å²) in [5.41, 5.74) is 0.701. The van der Waals surface area contributed by atoms with Crippen LogP contribution < -0.4 is 0 Å². The smallest absolute Gasteiger partial charge is 0.187 e. The van der Waals surface area contributed by atoms with Crippen molar-refractivity contribution in [3.63, 3.8) is 0 Å². The quantitative estimate of drug-likeness (QED) is 0.458. The molecule has 70 valence electrons. The molecule has 0 unspecified atom stereocenters. The molecule has 0 saturated heterocycles. The Morgan fingerprint density at radius 2 is 1.62 bits per heavy atom. The van der Waals surface area contributed by atoms with Crippen molar-refractivity contribution in [2.75, 3.05) is 0 Å². The van der Waals surface area contributed by atoms with Gasteiger partial charge in [-0.2, -0.15) is 0 Å². The first-order valence-corrected chi connectivity index (χ1v) is 4.22. The Morgan fingerprint density at radius 1 is 1.23 bits per heavy atom. The minimum absolute atomic E-state index is 0.701. The average Bonchev–Trinajstić information content (AvgIpc) is 2.23. The van der Waals surface area contributed by atoms with Crippen LogP contribution in [0.3, 0.4) is 0 Å². The van der Waals surface area contributed by atoms with Gasteiger partial charge >= 0.3 is 0 Å². The van der Waals surface area contributed by atoms with Gasteiger partial charge in [-0.15, -0.1) is 0 Å². The van der Waals surface area contributed by atoms with Crippen LogP contribution in [0.15, 0.2) is 30.3 Å². The summed E-state index contributed by atoms with van der Waals surface area (Å²) in [4.78, 5) is 3.22. The van der Waals surface area contributed by atoms with Crippen LogP contribution in [0, 0.1) is 12.0 Å². The Hall–Kier alpha value is -1.62. The summed E-state index contributed by atoms with van der Waals surface area (Å²) < 4.78 is 0. The second-order valence-electron chi connectivity index (χ2n) is 1.74. The fraction of sp³-hybridized carbons (Fsp3) is 0.273. The molecule has 0 fully saturated rings. The Balaban J connectivity index is 0. The van der Waals surface area contributed by atoms with Gasteiger partial charge in [0.25, 0.3) is 0 Å². The molecule has 0 atom stereocenters. The van der Waals surface area contributed by atoms with Gasteiger partial charge in [0.1, 0.15) is 0 Å². The van der Waals surface area contributed by atoms with Crippen molar-refractivity contribution in [3.05, 3.63) is 41.7 Å². The molecule has 13 heavy (non-hydrogen) atoms. The molecule has 0 aliphatic rings. The van der Waals surface area contributed by atoms with Crippen molar-refractivity contribution in [1.82, 2.24) is 0 Å². The Labute approximate surface area is 80.6 Å². The van der Waals surface area contributed by atoms with Gasteiger partial charge < -0.3 is 5.41 Å². The van der Waals surface area contributed by atoms with Gasteiger partial charge in [0.05, 0.1) is 6.57 Å². The SMILES string of the molecule is CC.CC=N.[C-]#[N+]c1ccccc1. The summed E-state index contributed by atoms with van der Waals surface area (Å²) in [7, 11) is 0. The minimum atomic E-state index is 0.701. The maximum Gasteiger partial charge on any atom is 0.187 e. The monoisotopic (exact) mass is 176 g/mol. The Bertz CT molecular complexity index is 234. The number of para-hydroxylation sites is 1. The third-order valence-corrected chi connectivity index (χ3v) is 0.885. The van der Waals surface area contributed by atoms with Gasteiger partial charge in [-0.25, -0.2) is 4.85 Å². The van der Waals surface area contributed by atoms with Crippen molar-refractivity contribution in [2.24, 2.45) is 0 Å². The zero-order valence-corrected chi connectivity index (χ0v) is 8.41. The number of hydrogen-bond donors (Lipinski definition) is 1. The first-order valence-electron chi connectivity index (χ1n) is 4.22. The molecule has 2 nitrogen and oxygen atoms in total. The van der Waals surface area contributed by atoms with Crippen molar-refractivity contribution >= 4 is 11.9 Å². The molecule has 1 N–H and O–H groups in total. The average molecular weight is 176 g/mol. The molecule has 0 saturated carbocycles. The van der Waals surface area contributed by atoms with Gasteiger partial charge in [-0.05, 0) is 13.1 Å². The zero-order chi connectivity index (χ0) is 10.5. The molecule has 0 aliphatic carbocycles. The zero-order valence-electron chi connectivity index (χ0n) is 8.41. The van der Waals surface area contributed by atoms with Crippen molar-refractivity contribution < 1.29 is 0 Å². The van der Waals surface area contributed by atoms with E-state index < -0.39 is 0 Å². The van der Waals surface area contributed by atoms with Gasteiger partial charge in [-0.3, -0.25) is 0 Å². The lowest BCUT2D eigenvalue weighted by Gasteiger charge is -1.80. The fourth-order valence-electron chi connectivity index (χ4n) is 0.503. The first-order chi connectivity index (χ1) is 6.35. The molecule has 1 aromatic carbocycles. The lowest BCUT2D eigenvalue weighted by atomic mass is 10.3. The highest BCUT2D eigenvalue weighted by atomic mass is 14.6. The second kappa shape index (κ2) is 13.0. The highest BCUT2D eigenvalue weighted by molar-refractivity contribution is 5.48. The van der Waals surface area contributed by atoms with Gasteiger partial charge in [-0.1, -0.05) is 44.2 Å². The van der Waals surface area contributed by atoms with Crippen LogP contribution in [0.5, 0.6) is 0 Å². The van der Waals surface area contributed by atoms with Crippen LogP contribution in [-0.2, 0) is 0 Å². The molecule has 0 aromatic heterocycles. The predicted octanol–water partition coefficient (Wildman–Crippen LogP) is 3.92.